The summed E-state index contributed by atoms with van der Waals surface area (Å²) in [4.78, 5) is 4.33. The van der Waals surface area contributed by atoms with Gasteiger partial charge in [-0.1, -0.05) is 6.92 Å². The van der Waals surface area contributed by atoms with Gasteiger partial charge in [-0.05, 0) is 12.0 Å². The number of aromatic nitrogens is 1. The lowest BCUT2D eigenvalue weighted by Crippen LogP contribution is -2.14. The van der Waals surface area contributed by atoms with Gasteiger partial charge in [0.2, 0.25) is 5.88 Å². The number of nitrogens with zero attached hydrogens (tertiary/aromatic N) is 1. The van der Waals surface area contributed by atoms with Crippen LogP contribution in [0.15, 0.2) is 12.1 Å². The summed E-state index contributed by atoms with van der Waals surface area (Å²) in [7, 11) is 1.63. The third-order valence-corrected chi connectivity index (χ3v) is 2.34. The molecule has 0 aliphatic carbocycles. The van der Waals surface area contributed by atoms with Crippen molar-refractivity contribution in [2.45, 2.75) is 6.92 Å². The average molecular weight is 193 g/mol. The Morgan fingerprint density at radius 3 is 2.93 bits per heavy atom. The summed E-state index contributed by atoms with van der Waals surface area (Å²) < 4.78 is 5.07. The molecule has 1 aromatic heterocycles. The van der Waals surface area contributed by atoms with Crippen LogP contribution in [0.3, 0.4) is 0 Å². The first kappa shape index (κ1) is 9.12. The van der Waals surface area contributed by atoms with Gasteiger partial charge in [0.15, 0.2) is 5.82 Å². The number of nitrogens with one attached hydrogen (secondary N) is 2. The van der Waals surface area contributed by atoms with Gasteiger partial charge < -0.3 is 15.4 Å². The van der Waals surface area contributed by atoms with Crippen molar-refractivity contribution in [1.82, 2.24) is 4.98 Å². The van der Waals surface area contributed by atoms with Crippen LogP contribution in [0.5, 0.6) is 5.88 Å². The van der Waals surface area contributed by atoms with Crippen molar-refractivity contribution in [1.29, 1.82) is 0 Å². The number of methoxy groups -OCH3 is 1. The molecule has 1 aliphatic heterocycles. The fourth-order valence-corrected chi connectivity index (χ4v) is 1.46. The lowest BCUT2D eigenvalue weighted by Gasteiger charge is -2.08. The normalized spacial score (nSPS) is 20.0. The number of hydrogen-bond donors (Lipinski definition) is 2. The fraction of sp³-hybridized carbons (Fsp3) is 0.500. The highest BCUT2D eigenvalue weighted by Gasteiger charge is 2.12. The highest BCUT2D eigenvalue weighted by atomic mass is 16.5. The predicted octanol–water partition coefficient (Wildman–Crippen LogP) is 1.56. The maximum absolute atomic E-state index is 5.07. The van der Waals surface area contributed by atoms with Crippen LogP contribution in [0.1, 0.15) is 6.92 Å². The van der Waals surface area contributed by atoms with Gasteiger partial charge in [0.25, 0.3) is 0 Å². The molecule has 0 saturated carbocycles. The molecule has 2 heterocycles. The van der Waals surface area contributed by atoms with Gasteiger partial charge in [0, 0.05) is 19.2 Å². The van der Waals surface area contributed by atoms with E-state index in [4.69, 9.17) is 4.74 Å². The third kappa shape index (κ3) is 1.73. The van der Waals surface area contributed by atoms with Crippen molar-refractivity contribution < 1.29 is 4.74 Å². The molecule has 1 aromatic rings. The third-order valence-electron chi connectivity index (χ3n) is 2.34. The van der Waals surface area contributed by atoms with Crippen LogP contribution < -0.4 is 15.4 Å². The molecule has 0 saturated heterocycles. The lowest BCUT2D eigenvalue weighted by molar-refractivity contribution is 0.398. The number of rotatable bonds is 1. The summed E-state index contributed by atoms with van der Waals surface area (Å²) in [6, 6.07) is 3.86. The molecule has 1 atom stereocenters. The van der Waals surface area contributed by atoms with Crippen molar-refractivity contribution in [2.24, 2.45) is 5.92 Å². The highest BCUT2D eigenvalue weighted by Crippen LogP contribution is 2.25. The largest absolute Gasteiger partial charge is 0.481 e. The minimum absolute atomic E-state index is 0.607. The minimum Gasteiger partial charge on any atom is -0.481 e. The Balaban J connectivity index is 2.27. The van der Waals surface area contributed by atoms with Crippen molar-refractivity contribution in [3.8, 4) is 5.88 Å². The first-order valence-electron chi connectivity index (χ1n) is 4.82. The van der Waals surface area contributed by atoms with Gasteiger partial charge in [0.1, 0.15) is 0 Å². The van der Waals surface area contributed by atoms with Crippen molar-refractivity contribution >= 4 is 11.5 Å². The van der Waals surface area contributed by atoms with E-state index in [1.54, 1.807) is 7.11 Å². The summed E-state index contributed by atoms with van der Waals surface area (Å²) in [6.07, 6.45) is 0. The van der Waals surface area contributed by atoms with E-state index in [0.717, 1.165) is 24.6 Å². The molecule has 0 fully saturated rings. The van der Waals surface area contributed by atoms with Gasteiger partial charge in [-0.15, -0.1) is 0 Å². The molecular weight excluding hydrogens is 178 g/mol. The zero-order valence-corrected chi connectivity index (χ0v) is 8.50. The van der Waals surface area contributed by atoms with Crippen LogP contribution in [-0.4, -0.2) is 25.2 Å². The van der Waals surface area contributed by atoms with Crippen molar-refractivity contribution in [2.75, 3.05) is 30.8 Å². The summed E-state index contributed by atoms with van der Waals surface area (Å²) in [5.74, 6) is 2.14. The molecule has 0 aromatic carbocycles. The molecule has 0 amide bonds. The average Bonchev–Trinajstić information content (AvgIpc) is 2.40. The molecule has 4 heteroatoms. The Hall–Kier alpha value is -1.45. The zero-order chi connectivity index (χ0) is 9.97. The second-order valence-electron chi connectivity index (χ2n) is 3.62. The van der Waals surface area contributed by atoms with E-state index < -0.39 is 0 Å². The molecule has 1 unspecified atom stereocenters. The zero-order valence-electron chi connectivity index (χ0n) is 8.50. The molecule has 2 N–H and O–H groups in total. The van der Waals surface area contributed by atoms with Crippen LogP contribution in [0.2, 0.25) is 0 Å². The molecule has 1 aliphatic rings. The number of fused-ring (bicyclic) bond motifs is 1. The molecule has 14 heavy (non-hydrogen) atoms. The van der Waals surface area contributed by atoms with E-state index >= 15 is 0 Å². The molecule has 0 bridgehead atoms. The summed E-state index contributed by atoms with van der Waals surface area (Å²) in [5, 5.41) is 6.64. The minimum atomic E-state index is 0.607. The van der Waals surface area contributed by atoms with E-state index in [0.29, 0.717) is 11.8 Å². The maximum Gasteiger partial charge on any atom is 0.215 e. The number of hydrogen-bond acceptors (Lipinski definition) is 4. The molecular formula is C10H15N3O. The maximum atomic E-state index is 5.07. The Bertz CT molecular complexity index is 327. The number of pyridine rings is 1. The lowest BCUT2D eigenvalue weighted by atomic mass is 10.2. The number of ether oxygens (including phenoxy) is 1. The van der Waals surface area contributed by atoms with Crippen LogP contribution in [-0.2, 0) is 0 Å². The smallest absolute Gasteiger partial charge is 0.215 e. The molecule has 4 nitrogen and oxygen atoms in total. The molecule has 76 valence electrons. The Kier molecular flexibility index (Phi) is 2.43. The Morgan fingerprint density at radius 1 is 1.36 bits per heavy atom. The van der Waals surface area contributed by atoms with Crippen LogP contribution in [0.25, 0.3) is 0 Å². The SMILES string of the molecule is COc1ccc2c(n1)NCC(C)CN2. The van der Waals surface area contributed by atoms with E-state index in [9.17, 15) is 0 Å². The van der Waals surface area contributed by atoms with Crippen molar-refractivity contribution in [3.63, 3.8) is 0 Å². The van der Waals surface area contributed by atoms with E-state index in [2.05, 4.69) is 22.5 Å². The van der Waals surface area contributed by atoms with Gasteiger partial charge in [0.05, 0.1) is 12.8 Å². The van der Waals surface area contributed by atoms with E-state index in [-0.39, 0.29) is 0 Å². The standard InChI is InChI=1S/C10H15N3O/c1-7-5-11-8-3-4-9(14-2)13-10(8)12-6-7/h3-4,7,11H,5-6H2,1-2H3,(H,12,13). The fourth-order valence-electron chi connectivity index (χ4n) is 1.46. The summed E-state index contributed by atoms with van der Waals surface area (Å²) >= 11 is 0. The van der Waals surface area contributed by atoms with Crippen LogP contribution >= 0.6 is 0 Å². The van der Waals surface area contributed by atoms with Crippen LogP contribution in [0.4, 0.5) is 11.5 Å². The monoisotopic (exact) mass is 193 g/mol. The topological polar surface area (TPSA) is 46.2 Å². The Labute approximate surface area is 83.7 Å². The number of anilines is 2. The predicted molar refractivity (Wildman–Crippen MR) is 56.9 cm³/mol. The molecule has 0 radical (unpaired) electrons. The molecule has 2 rings (SSSR count). The quantitative estimate of drug-likeness (QED) is 0.710. The highest BCUT2D eigenvalue weighted by molar-refractivity contribution is 5.66. The molecule has 0 spiro atoms. The van der Waals surface area contributed by atoms with Crippen molar-refractivity contribution in [3.05, 3.63) is 12.1 Å². The van der Waals surface area contributed by atoms with Crippen LogP contribution in [0, 0.1) is 5.92 Å². The van der Waals surface area contributed by atoms with Gasteiger partial charge >= 0.3 is 0 Å². The second kappa shape index (κ2) is 3.74. The first-order chi connectivity index (χ1) is 6.79. The van der Waals surface area contributed by atoms with Gasteiger partial charge in [-0.3, -0.25) is 0 Å². The summed E-state index contributed by atoms with van der Waals surface area (Å²) in [6.45, 7) is 4.12. The van der Waals surface area contributed by atoms with Gasteiger partial charge in [-0.2, -0.15) is 4.98 Å². The Morgan fingerprint density at radius 2 is 2.14 bits per heavy atom. The van der Waals surface area contributed by atoms with E-state index in [1.165, 1.54) is 0 Å². The van der Waals surface area contributed by atoms with E-state index in [1.807, 2.05) is 12.1 Å². The second-order valence-corrected chi connectivity index (χ2v) is 3.62. The first-order valence-corrected chi connectivity index (χ1v) is 4.82. The van der Waals surface area contributed by atoms with Gasteiger partial charge in [-0.25, -0.2) is 0 Å². The summed E-state index contributed by atoms with van der Waals surface area (Å²) in [5.41, 5.74) is 1.05.